The molecule has 4 heteroatoms. The van der Waals surface area contributed by atoms with E-state index in [1.54, 1.807) is 31.4 Å². The molecular weight excluding hydrogens is 220 g/mol. The van der Waals surface area contributed by atoms with Gasteiger partial charge >= 0.3 is 0 Å². The summed E-state index contributed by atoms with van der Waals surface area (Å²) in [5.74, 6) is -0.366. The van der Waals surface area contributed by atoms with Gasteiger partial charge < -0.3 is 9.47 Å². The first-order valence-electron chi connectivity index (χ1n) is 5.25. The van der Waals surface area contributed by atoms with Crippen LogP contribution in [0.2, 0.25) is 0 Å². The number of Topliss-reactive ketones (excluding diaryl/α,β-unsaturated/α-hetero) is 1. The summed E-state index contributed by atoms with van der Waals surface area (Å²) in [5.41, 5.74) is 0.823. The lowest BCUT2D eigenvalue weighted by atomic mass is 9.94. The Balaban J connectivity index is 2.23. The van der Waals surface area contributed by atoms with Crippen molar-refractivity contribution in [3.05, 3.63) is 47.2 Å². The number of ketones is 2. The predicted molar refractivity (Wildman–Crippen MR) is 61.0 cm³/mol. The Hall–Kier alpha value is -1.94. The Kier molecular flexibility index (Phi) is 3.35. The summed E-state index contributed by atoms with van der Waals surface area (Å²) >= 11 is 0. The average Bonchev–Trinajstić information content (AvgIpc) is 2.36. The van der Waals surface area contributed by atoms with Crippen molar-refractivity contribution < 1.29 is 19.1 Å². The van der Waals surface area contributed by atoms with Gasteiger partial charge in [0.15, 0.2) is 11.5 Å². The third-order valence-corrected chi connectivity index (χ3v) is 2.47. The molecule has 0 saturated carbocycles. The number of allylic oxidation sites excluding steroid dienone is 2. The fourth-order valence-electron chi connectivity index (χ4n) is 1.63. The first-order chi connectivity index (χ1) is 8.24. The van der Waals surface area contributed by atoms with Gasteiger partial charge in [-0.1, -0.05) is 24.3 Å². The quantitative estimate of drug-likeness (QED) is 0.740. The van der Waals surface area contributed by atoms with E-state index in [9.17, 15) is 9.59 Å². The van der Waals surface area contributed by atoms with Crippen LogP contribution in [-0.2, 0) is 9.47 Å². The van der Waals surface area contributed by atoms with E-state index in [0.717, 1.165) is 0 Å². The number of fused-ring (bicyclic) bond motifs is 1. The van der Waals surface area contributed by atoms with Crippen LogP contribution in [0.25, 0.3) is 0 Å². The van der Waals surface area contributed by atoms with Gasteiger partial charge in [0.1, 0.15) is 6.61 Å². The van der Waals surface area contributed by atoms with Gasteiger partial charge in [-0.2, -0.15) is 0 Å². The largest absolute Gasteiger partial charge is 0.487 e. The second-order valence-corrected chi connectivity index (χ2v) is 3.59. The molecule has 0 spiro atoms. The van der Waals surface area contributed by atoms with Crippen LogP contribution in [0.5, 0.6) is 0 Å². The van der Waals surface area contributed by atoms with E-state index >= 15 is 0 Å². The lowest BCUT2D eigenvalue weighted by Gasteiger charge is -2.15. The summed E-state index contributed by atoms with van der Waals surface area (Å²) in [5, 5.41) is 0. The summed E-state index contributed by atoms with van der Waals surface area (Å²) < 4.78 is 10.0. The van der Waals surface area contributed by atoms with E-state index < -0.39 is 0 Å². The summed E-state index contributed by atoms with van der Waals surface area (Å²) in [4.78, 5) is 23.7. The van der Waals surface area contributed by atoms with Crippen LogP contribution < -0.4 is 0 Å². The van der Waals surface area contributed by atoms with Crippen molar-refractivity contribution in [3.63, 3.8) is 0 Å². The van der Waals surface area contributed by atoms with Crippen molar-refractivity contribution in [1.29, 1.82) is 0 Å². The molecule has 1 aromatic carbocycles. The summed E-state index contributed by atoms with van der Waals surface area (Å²) in [6.45, 7) is 0.629. The Labute approximate surface area is 98.8 Å². The molecule has 0 aromatic heterocycles. The highest BCUT2D eigenvalue weighted by molar-refractivity contribution is 6.23. The molecule has 0 aliphatic heterocycles. The second kappa shape index (κ2) is 4.93. The van der Waals surface area contributed by atoms with Gasteiger partial charge in [-0.15, -0.1) is 0 Å². The molecule has 88 valence electrons. The van der Waals surface area contributed by atoms with Crippen LogP contribution in [0.3, 0.4) is 0 Å². The number of carbonyl (C=O) groups is 2. The third kappa shape index (κ3) is 2.26. The minimum atomic E-state index is -0.253. The van der Waals surface area contributed by atoms with Gasteiger partial charge in [0.25, 0.3) is 0 Å². The molecule has 0 unspecified atom stereocenters. The maximum Gasteiger partial charge on any atom is 0.228 e. The normalized spacial score (nSPS) is 14.3. The predicted octanol–water partition coefficient (Wildman–Crippen LogP) is 1.61. The van der Waals surface area contributed by atoms with Gasteiger partial charge in [0.05, 0.1) is 6.61 Å². The first kappa shape index (κ1) is 11.5. The van der Waals surface area contributed by atoms with E-state index in [1.807, 2.05) is 0 Å². The molecule has 1 aliphatic carbocycles. The molecule has 0 radical (unpaired) electrons. The maximum atomic E-state index is 12.0. The fourth-order valence-corrected chi connectivity index (χ4v) is 1.63. The van der Waals surface area contributed by atoms with Gasteiger partial charge in [-0.05, 0) is 0 Å². The summed E-state index contributed by atoms with van der Waals surface area (Å²) in [6, 6.07) is 6.72. The highest BCUT2D eigenvalue weighted by Crippen LogP contribution is 2.21. The Morgan fingerprint density at radius 2 is 1.76 bits per heavy atom. The van der Waals surface area contributed by atoms with Crippen LogP contribution in [0, 0.1) is 0 Å². The SMILES string of the molecule is COCCOC1=CC(=O)c2ccccc2C1=O. The zero-order valence-electron chi connectivity index (χ0n) is 9.43. The number of ether oxygens (including phenoxy) is 2. The lowest BCUT2D eigenvalue weighted by molar-refractivity contribution is 0.0784. The topological polar surface area (TPSA) is 52.6 Å². The Morgan fingerprint density at radius 1 is 1.06 bits per heavy atom. The number of carbonyl (C=O) groups excluding carboxylic acids is 2. The fraction of sp³-hybridized carbons (Fsp3) is 0.231. The zero-order valence-corrected chi connectivity index (χ0v) is 9.43. The molecule has 0 bridgehead atoms. The number of hydrogen-bond donors (Lipinski definition) is 0. The smallest absolute Gasteiger partial charge is 0.228 e. The van der Waals surface area contributed by atoms with E-state index in [2.05, 4.69) is 0 Å². The van der Waals surface area contributed by atoms with Crippen molar-refractivity contribution in [3.8, 4) is 0 Å². The highest BCUT2D eigenvalue weighted by Gasteiger charge is 2.26. The molecular formula is C13H12O4. The van der Waals surface area contributed by atoms with Crippen molar-refractivity contribution in [2.75, 3.05) is 20.3 Å². The van der Waals surface area contributed by atoms with Gasteiger partial charge in [-0.3, -0.25) is 9.59 Å². The summed E-state index contributed by atoms with van der Waals surface area (Å²) in [7, 11) is 1.54. The molecule has 1 aromatic rings. The number of hydrogen-bond acceptors (Lipinski definition) is 4. The van der Waals surface area contributed by atoms with E-state index in [0.29, 0.717) is 17.7 Å². The second-order valence-electron chi connectivity index (χ2n) is 3.59. The molecule has 0 saturated heterocycles. The number of methoxy groups -OCH3 is 1. The first-order valence-corrected chi connectivity index (χ1v) is 5.25. The van der Waals surface area contributed by atoms with Crippen molar-refractivity contribution >= 4 is 11.6 Å². The molecule has 1 aliphatic rings. The zero-order chi connectivity index (χ0) is 12.3. The Bertz CT molecular complexity index is 488. The Morgan fingerprint density at radius 3 is 2.47 bits per heavy atom. The standard InChI is InChI=1S/C13H12O4/c1-16-6-7-17-12-8-11(14)9-4-2-3-5-10(9)13(12)15/h2-5,8H,6-7H2,1H3. The van der Waals surface area contributed by atoms with Crippen molar-refractivity contribution in [1.82, 2.24) is 0 Å². The van der Waals surface area contributed by atoms with E-state index in [4.69, 9.17) is 9.47 Å². The minimum Gasteiger partial charge on any atom is -0.487 e. The van der Waals surface area contributed by atoms with Crippen molar-refractivity contribution in [2.24, 2.45) is 0 Å². The van der Waals surface area contributed by atoms with Crippen LogP contribution in [0.1, 0.15) is 20.7 Å². The van der Waals surface area contributed by atoms with Gasteiger partial charge in [0, 0.05) is 24.3 Å². The number of benzene rings is 1. The number of rotatable bonds is 4. The highest BCUT2D eigenvalue weighted by atomic mass is 16.5. The van der Waals surface area contributed by atoms with E-state index in [-0.39, 0.29) is 23.9 Å². The molecule has 17 heavy (non-hydrogen) atoms. The van der Waals surface area contributed by atoms with Crippen LogP contribution in [0.4, 0.5) is 0 Å². The molecule has 0 amide bonds. The molecule has 0 N–H and O–H groups in total. The van der Waals surface area contributed by atoms with E-state index in [1.165, 1.54) is 6.08 Å². The monoisotopic (exact) mass is 232 g/mol. The minimum absolute atomic E-state index is 0.0887. The molecule has 0 fully saturated rings. The third-order valence-electron chi connectivity index (χ3n) is 2.47. The lowest BCUT2D eigenvalue weighted by Crippen LogP contribution is -2.19. The average molecular weight is 232 g/mol. The molecule has 2 rings (SSSR count). The van der Waals surface area contributed by atoms with Crippen LogP contribution in [-0.4, -0.2) is 31.9 Å². The van der Waals surface area contributed by atoms with Gasteiger partial charge in [-0.25, -0.2) is 0 Å². The maximum absolute atomic E-state index is 12.0. The molecule has 0 atom stereocenters. The van der Waals surface area contributed by atoms with Crippen LogP contribution in [0.15, 0.2) is 36.1 Å². The molecule has 4 nitrogen and oxygen atoms in total. The van der Waals surface area contributed by atoms with Crippen LogP contribution >= 0.6 is 0 Å². The van der Waals surface area contributed by atoms with Crippen molar-refractivity contribution in [2.45, 2.75) is 0 Å². The van der Waals surface area contributed by atoms with Gasteiger partial charge in [0.2, 0.25) is 5.78 Å². The molecule has 0 heterocycles. The summed E-state index contributed by atoms with van der Waals surface area (Å²) in [6.07, 6.45) is 1.24.